The number of aromatic amines is 1. The van der Waals surface area contributed by atoms with Crippen molar-refractivity contribution in [1.82, 2.24) is 4.98 Å². The summed E-state index contributed by atoms with van der Waals surface area (Å²) < 4.78 is 6.00. The van der Waals surface area contributed by atoms with E-state index in [2.05, 4.69) is 11.1 Å². The van der Waals surface area contributed by atoms with Gasteiger partial charge in [0.25, 0.3) is 0 Å². The average Bonchev–Trinajstić information content (AvgIpc) is 3.11. The van der Waals surface area contributed by atoms with Gasteiger partial charge in [0.2, 0.25) is 11.7 Å². The van der Waals surface area contributed by atoms with Gasteiger partial charge >= 0.3 is 0 Å². The number of fused-ring (bicyclic) bond motifs is 3. The zero-order valence-electron chi connectivity index (χ0n) is 15.9. The van der Waals surface area contributed by atoms with Gasteiger partial charge in [-0.25, -0.2) is 4.99 Å². The van der Waals surface area contributed by atoms with Gasteiger partial charge in [0.1, 0.15) is 0 Å². The standard InChI is InChI=1S/C23H22ClN3O2/c24-17-8-3-2-7-16(17)23-11-5-10-20(21(23)28)29-22(27-23)18(25)12-14-13-26-19-9-4-1-6-15(14)19/h1-4,6-9,13,18,20,26H,5,10-12,25H2/t18-,20-,23-/m0/s1. The van der Waals surface area contributed by atoms with Crippen LogP contribution in [0.2, 0.25) is 5.02 Å². The Hall–Kier alpha value is -2.63. The number of ketones is 1. The number of carbonyl (C=O) groups is 1. The molecule has 1 aliphatic carbocycles. The molecule has 3 aromatic rings. The van der Waals surface area contributed by atoms with E-state index in [1.165, 1.54) is 0 Å². The first-order valence-corrected chi connectivity index (χ1v) is 10.3. The van der Waals surface area contributed by atoms with Crippen LogP contribution in [0, 0.1) is 0 Å². The fourth-order valence-electron chi connectivity index (χ4n) is 4.57. The van der Waals surface area contributed by atoms with Crippen LogP contribution in [0.25, 0.3) is 10.9 Å². The highest BCUT2D eigenvalue weighted by Crippen LogP contribution is 2.44. The molecule has 0 saturated heterocycles. The topological polar surface area (TPSA) is 80.5 Å². The van der Waals surface area contributed by atoms with Crippen molar-refractivity contribution in [1.29, 1.82) is 0 Å². The van der Waals surface area contributed by atoms with Gasteiger partial charge in [-0.1, -0.05) is 48.0 Å². The summed E-state index contributed by atoms with van der Waals surface area (Å²) in [4.78, 5) is 21.3. The summed E-state index contributed by atoms with van der Waals surface area (Å²) in [5.74, 6) is 0.430. The van der Waals surface area contributed by atoms with Gasteiger partial charge in [-0.15, -0.1) is 0 Å². The van der Waals surface area contributed by atoms with Crippen LogP contribution in [0.5, 0.6) is 0 Å². The molecule has 0 amide bonds. The van der Waals surface area contributed by atoms with E-state index in [1.54, 1.807) is 6.07 Å². The molecule has 1 saturated carbocycles. The first-order chi connectivity index (χ1) is 14.1. The van der Waals surface area contributed by atoms with Crippen LogP contribution in [0.3, 0.4) is 0 Å². The largest absolute Gasteiger partial charge is 0.468 e. The molecule has 5 nitrogen and oxygen atoms in total. The van der Waals surface area contributed by atoms with Crippen LogP contribution in [0.15, 0.2) is 59.7 Å². The van der Waals surface area contributed by atoms with E-state index in [0.29, 0.717) is 30.2 Å². The molecule has 3 atom stereocenters. The lowest BCUT2D eigenvalue weighted by atomic mass is 9.73. The molecule has 0 unspecified atom stereocenters. The number of hydrogen-bond acceptors (Lipinski definition) is 4. The summed E-state index contributed by atoms with van der Waals surface area (Å²) in [5.41, 5.74) is 8.47. The second-order valence-corrected chi connectivity index (χ2v) is 8.23. The zero-order chi connectivity index (χ0) is 20.0. The van der Waals surface area contributed by atoms with Crippen molar-refractivity contribution in [2.45, 2.75) is 43.4 Å². The average molecular weight is 408 g/mol. The number of aromatic nitrogens is 1. The Kier molecular flexibility index (Phi) is 4.45. The summed E-state index contributed by atoms with van der Waals surface area (Å²) in [6, 6.07) is 15.1. The quantitative estimate of drug-likeness (QED) is 0.682. The van der Waals surface area contributed by atoms with Gasteiger partial charge in [0, 0.05) is 27.7 Å². The van der Waals surface area contributed by atoms with Crippen LogP contribution in [-0.4, -0.2) is 28.8 Å². The molecule has 5 rings (SSSR count). The van der Waals surface area contributed by atoms with Crippen LogP contribution < -0.4 is 5.73 Å². The number of halogens is 1. The number of Topliss-reactive ketones (excluding diaryl/α,β-unsaturated/α-hetero) is 1. The van der Waals surface area contributed by atoms with E-state index in [0.717, 1.165) is 28.5 Å². The normalized spacial score (nSPS) is 24.8. The van der Waals surface area contributed by atoms with Crippen molar-refractivity contribution in [3.63, 3.8) is 0 Å². The first kappa shape index (κ1) is 18.4. The second kappa shape index (κ2) is 7.01. The molecule has 0 spiro atoms. The van der Waals surface area contributed by atoms with Gasteiger partial charge in [-0.05, 0) is 43.4 Å². The molecule has 3 N–H and O–H groups in total. The van der Waals surface area contributed by atoms with Crippen molar-refractivity contribution in [3.05, 3.63) is 70.9 Å². The fourth-order valence-corrected chi connectivity index (χ4v) is 4.86. The molecule has 1 fully saturated rings. The minimum absolute atomic E-state index is 0.0140. The minimum atomic E-state index is -0.993. The van der Waals surface area contributed by atoms with E-state index in [9.17, 15) is 4.79 Å². The van der Waals surface area contributed by atoms with E-state index >= 15 is 0 Å². The monoisotopic (exact) mass is 407 g/mol. The molecule has 2 aliphatic rings. The predicted octanol–water partition coefficient (Wildman–Crippen LogP) is 4.14. The molecule has 2 bridgehead atoms. The van der Waals surface area contributed by atoms with E-state index < -0.39 is 17.7 Å². The number of hydrogen-bond donors (Lipinski definition) is 2. The number of nitrogens with one attached hydrogen (secondary N) is 1. The molecule has 148 valence electrons. The van der Waals surface area contributed by atoms with Crippen LogP contribution in [-0.2, 0) is 21.5 Å². The number of rotatable bonds is 4. The molecule has 1 aromatic heterocycles. The Bertz CT molecular complexity index is 1120. The van der Waals surface area contributed by atoms with Crippen LogP contribution in [0.1, 0.15) is 30.4 Å². The van der Waals surface area contributed by atoms with Crippen molar-refractivity contribution in [3.8, 4) is 0 Å². The lowest BCUT2D eigenvalue weighted by molar-refractivity contribution is -0.137. The van der Waals surface area contributed by atoms with E-state index in [1.807, 2.05) is 42.6 Å². The third-order valence-corrected chi connectivity index (χ3v) is 6.35. The number of nitrogens with zero attached hydrogens (tertiary/aromatic N) is 1. The summed E-state index contributed by atoms with van der Waals surface area (Å²) >= 11 is 6.47. The SMILES string of the molecule is N[C@@H](Cc1c[nH]c2ccccc12)C1=N[C@]2(c3ccccc3Cl)CCC[C@H](O1)C2=O. The van der Waals surface area contributed by atoms with Crippen LogP contribution in [0.4, 0.5) is 0 Å². The number of H-pyrrole nitrogens is 1. The number of carbonyl (C=O) groups excluding carboxylic acids is 1. The highest BCUT2D eigenvalue weighted by Gasteiger charge is 2.52. The molecule has 1 aliphatic heterocycles. The Labute approximate surface area is 173 Å². The molecule has 2 aromatic carbocycles. The maximum atomic E-state index is 13.2. The van der Waals surface area contributed by atoms with Crippen molar-refractivity contribution in [2.75, 3.05) is 0 Å². The molecular formula is C23H22ClN3O2. The lowest BCUT2D eigenvalue weighted by Gasteiger charge is -2.42. The van der Waals surface area contributed by atoms with Crippen molar-refractivity contribution >= 4 is 34.2 Å². The Morgan fingerprint density at radius 2 is 2.03 bits per heavy atom. The Balaban J connectivity index is 1.53. The fraction of sp³-hybridized carbons (Fsp3) is 0.304. The number of aliphatic imine (C=N–C) groups is 1. The molecule has 2 heterocycles. The van der Waals surface area contributed by atoms with Crippen molar-refractivity contribution in [2.24, 2.45) is 10.7 Å². The Morgan fingerprint density at radius 1 is 1.24 bits per heavy atom. The number of ether oxygens (including phenoxy) is 1. The Morgan fingerprint density at radius 3 is 2.90 bits per heavy atom. The van der Waals surface area contributed by atoms with E-state index in [-0.39, 0.29) is 5.78 Å². The molecule has 6 heteroatoms. The first-order valence-electron chi connectivity index (χ1n) is 9.95. The number of nitrogens with two attached hydrogens (primary N) is 1. The van der Waals surface area contributed by atoms with Gasteiger partial charge in [0.15, 0.2) is 11.6 Å². The van der Waals surface area contributed by atoms with Gasteiger partial charge in [-0.3, -0.25) is 4.79 Å². The lowest BCUT2D eigenvalue weighted by Crippen LogP contribution is -2.54. The smallest absolute Gasteiger partial charge is 0.205 e. The van der Waals surface area contributed by atoms with Gasteiger partial charge < -0.3 is 15.5 Å². The second-order valence-electron chi connectivity index (χ2n) is 7.82. The van der Waals surface area contributed by atoms with E-state index in [4.69, 9.17) is 27.1 Å². The summed E-state index contributed by atoms with van der Waals surface area (Å²) in [7, 11) is 0. The van der Waals surface area contributed by atoms with Gasteiger partial charge in [0.05, 0.1) is 6.04 Å². The highest BCUT2D eigenvalue weighted by atomic mass is 35.5. The minimum Gasteiger partial charge on any atom is -0.468 e. The maximum Gasteiger partial charge on any atom is 0.205 e. The molecule has 0 radical (unpaired) electrons. The molecule has 29 heavy (non-hydrogen) atoms. The third kappa shape index (κ3) is 2.96. The third-order valence-electron chi connectivity index (χ3n) is 6.02. The summed E-state index contributed by atoms with van der Waals surface area (Å²) in [6.07, 6.45) is 4.20. The number of benzene rings is 2. The number of para-hydroxylation sites is 1. The zero-order valence-corrected chi connectivity index (χ0v) is 16.7. The van der Waals surface area contributed by atoms with Crippen LogP contribution >= 0.6 is 11.6 Å². The summed E-state index contributed by atoms with van der Waals surface area (Å²) in [5, 5.41) is 1.69. The maximum absolute atomic E-state index is 13.2. The summed E-state index contributed by atoms with van der Waals surface area (Å²) in [6.45, 7) is 0. The van der Waals surface area contributed by atoms with Crippen molar-refractivity contribution < 1.29 is 9.53 Å². The predicted molar refractivity (Wildman–Crippen MR) is 114 cm³/mol. The highest BCUT2D eigenvalue weighted by molar-refractivity contribution is 6.32. The molecular weight excluding hydrogens is 386 g/mol. The van der Waals surface area contributed by atoms with Gasteiger partial charge in [-0.2, -0.15) is 0 Å².